The number of carbonyl (C=O) groups is 12. The summed E-state index contributed by atoms with van der Waals surface area (Å²) in [6.45, 7) is 14.0. The largest absolute Gasteiger partial charge is 0.497 e. The Kier molecular flexibility index (Phi) is 34.5. The summed E-state index contributed by atoms with van der Waals surface area (Å²) in [7, 11) is 3.09. The zero-order valence-electron chi connectivity index (χ0n) is 77.0. The molecule has 12 amide bonds. The van der Waals surface area contributed by atoms with Crippen LogP contribution in [0.3, 0.4) is 0 Å². The Balaban J connectivity index is 0.000000134. The number of methoxy groups -OCH3 is 2. The molecule has 2 N–H and O–H groups in total. The average molecular weight is 2000 g/mol. The molecule has 138 heavy (non-hydrogen) atoms. The number of allylic oxidation sites excluding steroid dienone is 3. The van der Waals surface area contributed by atoms with Gasteiger partial charge >= 0.3 is 0 Å². The number of aryl methyl sites for hydroxylation is 4. The number of para-hydroxylation sites is 1. The van der Waals surface area contributed by atoms with Gasteiger partial charge in [-0.05, 0) is 314 Å². The van der Waals surface area contributed by atoms with Crippen LogP contribution >= 0.6 is 93.8 Å². The van der Waals surface area contributed by atoms with Crippen LogP contribution < -0.4 is 34.8 Å². The van der Waals surface area contributed by atoms with Crippen LogP contribution in [0.5, 0.6) is 11.5 Å². The number of fused-ring (bicyclic) bond motifs is 2. The number of thioether (sulfide) groups is 6. The fourth-order valence-corrected chi connectivity index (χ4v) is 22.0. The number of hydrogen-bond donors (Lipinski definition) is 2. The number of aromatic nitrogens is 1. The first-order valence-electron chi connectivity index (χ1n) is 44.7. The number of pyridine rings is 1. The van der Waals surface area contributed by atoms with Crippen molar-refractivity contribution < 1.29 is 71.7 Å². The van der Waals surface area contributed by atoms with E-state index in [9.17, 15) is 57.5 Å². The molecule has 11 aromatic rings. The fraction of sp³-hybridized carbons (Fsp3) is 0.213. The van der Waals surface area contributed by atoms with Gasteiger partial charge < -0.3 is 14.2 Å². The second-order valence-corrected chi connectivity index (χ2v) is 39.5. The summed E-state index contributed by atoms with van der Waals surface area (Å²) in [6, 6.07) is 74.0. The highest BCUT2D eigenvalue weighted by molar-refractivity contribution is 8.20. The van der Waals surface area contributed by atoms with Gasteiger partial charge in [0.05, 0.1) is 56.2 Å². The number of hydrogen-bond acceptors (Lipinski definition) is 22. The van der Waals surface area contributed by atoms with E-state index in [-0.39, 0.29) is 73.1 Å². The minimum Gasteiger partial charge on any atom is -0.497 e. The van der Waals surface area contributed by atoms with Crippen molar-refractivity contribution >= 4 is 234 Å². The number of halogens is 2. The highest BCUT2D eigenvalue weighted by Crippen LogP contribution is 2.48. The van der Waals surface area contributed by atoms with E-state index in [0.29, 0.717) is 92.3 Å². The number of rotatable bonds is 16. The van der Waals surface area contributed by atoms with E-state index in [2.05, 4.69) is 27.8 Å². The average Bonchev–Trinajstić information content (AvgIpc) is 1.59. The number of benzene rings is 10. The lowest BCUT2D eigenvalue weighted by atomic mass is 9.94. The molecule has 2 aliphatic carbocycles. The molecule has 10 aromatic carbocycles. The first-order chi connectivity index (χ1) is 66.6. The predicted octanol–water partition coefficient (Wildman–Crippen LogP) is 27.7. The summed E-state index contributed by atoms with van der Waals surface area (Å²) in [6.07, 6.45) is 16.8. The third kappa shape index (κ3) is 24.3. The SMILES string of the molecule is C/C(=C1/SC(=O)N(c2ccccn2)C1=O)c1ccc(C)cc1.CC/C(=C1/SC(=O)N(c2cccc3ccccc23)C1=O)c1ccc(C)cc1.CC/C(=C1/SC(=O)N(c2ccccc2)C1=O)c1ccccc1C.COc1ccc(OC)c(/C=C2\SC(=O)NC2=O)c1.Cc1cc2ccc(Cl)cc2cc1/C(OC1CCCCC1)=C1\SC(=O)N(C2CCCCC2)C1=O.O=C1NC(=O)/C(=C/c2cccc(Cl)c2)S1. The second-order valence-electron chi connectivity index (χ2n) is 32.8. The van der Waals surface area contributed by atoms with Crippen molar-refractivity contribution in [2.45, 2.75) is 138 Å². The van der Waals surface area contributed by atoms with Gasteiger partial charge in [0.15, 0.2) is 0 Å². The Morgan fingerprint density at radius 1 is 0.442 bits per heavy atom. The van der Waals surface area contributed by atoms with Gasteiger partial charge in [-0.1, -0.05) is 232 Å². The number of anilines is 3. The molecule has 8 fully saturated rings. The van der Waals surface area contributed by atoms with Crippen molar-refractivity contribution in [1.82, 2.24) is 20.5 Å². The molecule has 30 heteroatoms. The Hall–Kier alpha value is -12.8. The Labute approximate surface area is 835 Å². The number of imide groups is 6. The molecule has 0 bridgehead atoms. The number of ether oxygens (including phenoxy) is 3. The van der Waals surface area contributed by atoms with Crippen LogP contribution in [0.1, 0.15) is 153 Å². The van der Waals surface area contributed by atoms with E-state index in [1.165, 1.54) is 34.7 Å². The minimum atomic E-state index is -0.394. The molecule has 2 saturated carbocycles. The van der Waals surface area contributed by atoms with Crippen LogP contribution in [0.25, 0.3) is 56.2 Å². The van der Waals surface area contributed by atoms with Gasteiger partial charge in [0.2, 0.25) is 0 Å². The zero-order chi connectivity index (χ0) is 98.0. The molecule has 0 spiro atoms. The van der Waals surface area contributed by atoms with Gasteiger partial charge in [-0.3, -0.25) is 73.1 Å². The molecular formula is C108H97Cl2N7O15S6. The van der Waals surface area contributed by atoms with Crippen molar-refractivity contribution in [3.63, 3.8) is 0 Å². The molecule has 6 aliphatic heterocycles. The maximum atomic E-state index is 13.6. The molecule has 6 saturated heterocycles. The number of nitrogens with one attached hydrogen (secondary N) is 2. The topological polar surface area (TPSA) is 282 Å². The standard InChI is InChI=1S/C27H30ClNO3S.C23H19NO2S.C19H17NO2S.C17H14N2O2S.C12H11NO4S.C10H6ClNO2S/c1-17-14-18-12-13-20(28)15-19(18)16-23(17)24(32-22-10-6-3-7-11-22)25-26(30)29(27(31)33-25)21-8-4-2-5-9-21;1-3-18(17-13-11-15(2)12-14-17)21-22(25)24(23(26)27-21)20-10-6-8-16-7-4-5-9-19(16)20;1-3-15(16-12-8-7-9-13(16)2)17-18(21)20(19(22)23-17)14-10-5-4-6-11-14;1-11-6-8-13(9-7-11)12(2)15-16(20)19(17(21)22-15)14-5-3-4-10-18-14;1-16-8-3-4-9(17-2)7(5-8)6-10-11(14)13-12(15)18-10;11-7-3-1-2-6(4-7)5-8-9(13)12-10(14)15-8/h12-16,21-22H,2-11H2,1H3;4-14H,3H2,1-2H3;4-12H,3H2,1-2H3;3-10H,1-2H3;3-6H,1-2H3,(H,13,14,15);1-5H,(H,12,13,14)/b25-24+;21-18-;17-15-;15-12-;10-6-;8-5-. The molecule has 0 radical (unpaired) electrons. The molecule has 22 nitrogen and oxygen atoms in total. The first kappa shape index (κ1) is 101. The molecule has 0 unspecified atom stereocenters. The number of nitrogens with zero attached hydrogens (tertiary/aromatic N) is 5. The predicted molar refractivity (Wildman–Crippen MR) is 561 cm³/mol. The van der Waals surface area contributed by atoms with E-state index in [4.69, 9.17) is 37.4 Å². The summed E-state index contributed by atoms with van der Waals surface area (Å²) in [5.74, 6) is 0.470. The minimum absolute atomic E-state index is 0.0104. The summed E-state index contributed by atoms with van der Waals surface area (Å²) in [5.41, 5.74) is 13.7. The van der Waals surface area contributed by atoms with Crippen LogP contribution in [0.4, 0.5) is 46.0 Å². The van der Waals surface area contributed by atoms with Gasteiger partial charge in [0.1, 0.15) is 28.0 Å². The van der Waals surface area contributed by atoms with Gasteiger partial charge in [-0.2, -0.15) is 0 Å². The zero-order valence-corrected chi connectivity index (χ0v) is 83.4. The van der Waals surface area contributed by atoms with Gasteiger partial charge in [0, 0.05) is 38.8 Å². The third-order valence-corrected chi connectivity index (χ3v) is 29.5. The van der Waals surface area contributed by atoms with E-state index < -0.39 is 5.91 Å². The molecule has 1 aromatic heterocycles. The smallest absolute Gasteiger partial charge is 0.299 e. The van der Waals surface area contributed by atoms with Crippen molar-refractivity contribution in [1.29, 1.82) is 0 Å². The summed E-state index contributed by atoms with van der Waals surface area (Å²) >= 11 is 17.9. The van der Waals surface area contributed by atoms with E-state index >= 15 is 0 Å². The number of carbonyl (C=O) groups excluding carboxylic acids is 12. The quantitative estimate of drug-likeness (QED) is 0.0671. The lowest BCUT2D eigenvalue weighted by Gasteiger charge is -2.29. The van der Waals surface area contributed by atoms with Crippen molar-refractivity contribution in [3.05, 3.63) is 338 Å². The Morgan fingerprint density at radius 2 is 1.01 bits per heavy atom. The normalized spacial score (nSPS) is 18.3. The summed E-state index contributed by atoms with van der Waals surface area (Å²) < 4.78 is 16.9. The van der Waals surface area contributed by atoms with E-state index in [0.717, 1.165) is 215 Å². The van der Waals surface area contributed by atoms with Gasteiger partial charge in [-0.25, -0.2) is 19.7 Å². The van der Waals surface area contributed by atoms with Crippen LogP contribution in [0.15, 0.2) is 272 Å². The van der Waals surface area contributed by atoms with Crippen molar-refractivity contribution in [2.75, 3.05) is 28.9 Å². The van der Waals surface area contributed by atoms with Crippen LogP contribution in [-0.4, -0.2) is 103 Å². The highest BCUT2D eigenvalue weighted by Gasteiger charge is 2.45. The molecule has 7 heterocycles. The summed E-state index contributed by atoms with van der Waals surface area (Å²) in [5, 5.41) is 7.98. The lowest BCUT2D eigenvalue weighted by Crippen LogP contribution is -2.40. The Bertz CT molecular complexity index is 6830. The van der Waals surface area contributed by atoms with E-state index in [1.807, 2.05) is 206 Å². The van der Waals surface area contributed by atoms with Crippen LogP contribution in [-0.2, 0) is 33.5 Å². The van der Waals surface area contributed by atoms with Gasteiger partial charge in [-0.15, -0.1) is 0 Å². The van der Waals surface area contributed by atoms with Crippen molar-refractivity contribution in [2.24, 2.45) is 0 Å². The first-order valence-corrected chi connectivity index (χ1v) is 50.4. The summed E-state index contributed by atoms with van der Waals surface area (Å²) in [4.78, 5) is 159. The van der Waals surface area contributed by atoms with Crippen LogP contribution in [0.2, 0.25) is 10.0 Å². The lowest BCUT2D eigenvalue weighted by molar-refractivity contribution is -0.125. The molecule has 0 atom stereocenters. The maximum absolute atomic E-state index is 13.6. The Morgan fingerprint density at radius 3 is 1.64 bits per heavy atom. The molecule has 704 valence electrons. The number of amides is 12. The van der Waals surface area contributed by atoms with Gasteiger partial charge in [0.25, 0.3) is 66.9 Å². The molecule has 19 rings (SSSR count). The molecule has 8 aliphatic rings. The van der Waals surface area contributed by atoms with E-state index in [1.54, 1.807) is 92.2 Å². The fourth-order valence-electron chi connectivity index (χ4n) is 16.4. The monoisotopic (exact) mass is 1990 g/mol. The molecular weight excluding hydrogens is 1900 g/mol. The maximum Gasteiger partial charge on any atom is 0.299 e. The van der Waals surface area contributed by atoms with Crippen molar-refractivity contribution in [3.8, 4) is 11.5 Å². The second kappa shape index (κ2) is 47.1. The van der Waals surface area contributed by atoms with Crippen LogP contribution in [0, 0.1) is 27.7 Å². The highest BCUT2D eigenvalue weighted by atomic mass is 35.5. The third-order valence-electron chi connectivity index (χ3n) is 23.5.